The van der Waals surface area contributed by atoms with Crippen LogP contribution in [0.3, 0.4) is 0 Å². The maximum atomic E-state index is 12.2. The Kier molecular flexibility index (Phi) is 6.81. The van der Waals surface area contributed by atoms with E-state index in [2.05, 4.69) is 32.6 Å². The van der Waals surface area contributed by atoms with E-state index < -0.39 is 0 Å². The van der Waals surface area contributed by atoms with Gasteiger partial charge in [0.1, 0.15) is 5.01 Å². The summed E-state index contributed by atoms with van der Waals surface area (Å²) in [6, 6.07) is 7.45. The molecule has 2 aromatic heterocycles. The lowest BCUT2D eigenvalue weighted by atomic mass is 10.2. The summed E-state index contributed by atoms with van der Waals surface area (Å²) >= 11 is 8.70. The number of thioether (sulfide) groups is 1. The Morgan fingerprint density at radius 3 is 2.67 bits per heavy atom. The summed E-state index contributed by atoms with van der Waals surface area (Å²) in [5.41, 5.74) is 0.933. The van der Waals surface area contributed by atoms with Crippen molar-refractivity contribution in [1.29, 1.82) is 0 Å². The van der Waals surface area contributed by atoms with E-state index in [9.17, 15) is 4.79 Å². The Hall–Kier alpha value is -1.97. The molecule has 0 atom stereocenters. The number of benzene rings is 1. The van der Waals surface area contributed by atoms with Crippen LogP contribution in [0.2, 0.25) is 5.02 Å². The quantitative estimate of drug-likeness (QED) is 0.549. The summed E-state index contributed by atoms with van der Waals surface area (Å²) in [7, 11) is 0. The third-order valence-corrected chi connectivity index (χ3v) is 5.76. The first-order valence-corrected chi connectivity index (χ1v) is 10.7. The third kappa shape index (κ3) is 5.06. The molecule has 1 N–H and O–H groups in total. The lowest BCUT2D eigenvalue weighted by molar-refractivity contribution is -0.113. The lowest BCUT2D eigenvalue weighted by Crippen LogP contribution is -2.14. The topological polar surface area (TPSA) is 85.6 Å². The van der Waals surface area contributed by atoms with E-state index in [4.69, 9.17) is 11.6 Å². The van der Waals surface area contributed by atoms with E-state index in [-0.39, 0.29) is 11.7 Å². The minimum absolute atomic E-state index is 0.141. The van der Waals surface area contributed by atoms with Crippen LogP contribution in [-0.2, 0) is 17.8 Å². The Bertz CT molecular complexity index is 909. The first kappa shape index (κ1) is 19.8. The highest BCUT2D eigenvalue weighted by Gasteiger charge is 2.15. The van der Waals surface area contributed by atoms with Gasteiger partial charge in [-0.2, -0.15) is 0 Å². The van der Waals surface area contributed by atoms with E-state index in [1.54, 1.807) is 0 Å². The SMILES string of the molecule is CCCc1nnc(NC(=O)CSc2nnc(-c3ccc(Cl)cc3)n2CC)s1. The number of amides is 1. The van der Waals surface area contributed by atoms with E-state index in [1.165, 1.54) is 23.1 Å². The predicted molar refractivity (Wildman–Crippen MR) is 109 cm³/mol. The second-order valence-electron chi connectivity index (χ2n) is 5.65. The van der Waals surface area contributed by atoms with E-state index >= 15 is 0 Å². The van der Waals surface area contributed by atoms with Crippen molar-refractivity contribution in [3.05, 3.63) is 34.3 Å². The van der Waals surface area contributed by atoms with Gasteiger partial charge in [0.15, 0.2) is 11.0 Å². The van der Waals surface area contributed by atoms with Crippen LogP contribution in [0.15, 0.2) is 29.4 Å². The molecule has 0 radical (unpaired) electrons. The zero-order chi connectivity index (χ0) is 19.2. The molecule has 10 heteroatoms. The van der Waals surface area contributed by atoms with Crippen LogP contribution < -0.4 is 5.32 Å². The number of hydrogen-bond acceptors (Lipinski definition) is 7. The highest BCUT2D eigenvalue weighted by Crippen LogP contribution is 2.25. The summed E-state index contributed by atoms with van der Waals surface area (Å²) in [5.74, 6) is 0.838. The number of nitrogens with one attached hydrogen (secondary N) is 1. The normalized spacial score (nSPS) is 10.9. The van der Waals surface area contributed by atoms with Gasteiger partial charge >= 0.3 is 0 Å². The van der Waals surface area contributed by atoms with Crippen molar-refractivity contribution in [3.63, 3.8) is 0 Å². The highest BCUT2D eigenvalue weighted by molar-refractivity contribution is 7.99. The fourth-order valence-corrected chi connectivity index (χ4v) is 4.18. The molecule has 3 rings (SSSR count). The molecule has 27 heavy (non-hydrogen) atoms. The van der Waals surface area contributed by atoms with Crippen molar-refractivity contribution in [3.8, 4) is 11.4 Å². The number of nitrogens with zero attached hydrogens (tertiary/aromatic N) is 5. The molecule has 0 unspecified atom stereocenters. The second kappa shape index (κ2) is 9.29. The van der Waals surface area contributed by atoms with Crippen LogP contribution >= 0.6 is 34.7 Å². The van der Waals surface area contributed by atoms with E-state index in [0.29, 0.717) is 21.9 Å². The van der Waals surface area contributed by atoms with Crippen LogP contribution in [0, 0.1) is 0 Å². The van der Waals surface area contributed by atoms with Gasteiger partial charge in [0.25, 0.3) is 0 Å². The van der Waals surface area contributed by atoms with E-state index in [0.717, 1.165) is 29.2 Å². The molecule has 0 bridgehead atoms. The zero-order valence-corrected chi connectivity index (χ0v) is 17.4. The Balaban J connectivity index is 1.63. The first-order chi connectivity index (χ1) is 13.1. The average molecular weight is 423 g/mol. The summed E-state index contributed by atoms with van der Waals surface area (Å²) in [4.78, 5) is 12.2. The molecule has 0 spiro atoms. The number of hydrogen-bond donors (Lipinski definition) is 1. The average Bonchev–Trinajstić information content (AvgIpc) is 3.27. The van der Waals surface area contributed by atoms with Gasteiger partial charge in [-0.25, -0.2) is 0 Å². The van der Waals surface area contributed by atoms with Crippen molar-refractivity contribution >= 4 is 45.7 Å². The largest absolute Gasteiger partial charge is 0.302 e. The molecule has 0 aliphatic rings. The maximum Gasteiger partial charge on any atom is 0.236 e. The lowest BCUT2D eigenvalue weighted by Gasteiger charge is -2.07. The zero-order valence-electron chi connectivity index (χ0n) is 15.0. The number of aryl methyl sites for hydroxylation is 1. The predicted octanol–water partition coefficient (Wildman–Crippen LogP) is 4.15. The van der Waals surface area contributed by atoms with Gasteiger partial charge in [0.2, 0.25) is 11.0 Å². The smallest absolute Gasteiger partial charge is 0.236 e. The third-order valence-electron chi connectivity index (χ3n) is 3.64. The van der Waals surface area contributed by atoms with Crippen molar-refractivity contribution in [2.45, 2.75) is 38.4 Å². The summed E-state index contributed by atoms with van der Waals surface area (Å²) in [5, 5.41) is 22.2. The van der Waals surface area contributed by atoms with E-state index in [1.807, 2.05) is 35.8 Å². The van der Waals surface area contributed by atoms with Gasteiger partial charge in [-0.05, 0) is 37.6 Å². The van der Waals surface area contributed by atoms with Gasteiger partial charge in [-0.1, -0.05) is 41.6 Å². The van der Waals surface area contributed by atoms with Crippen LogP contribution in [0.25, 0.3) is 11.4 Å². The number of rotatable bonds is 8. The molecule has 1 aromatic carbocycles. The highest BCUT2D eigenvalue weighted by atomic mass is 35.5. The van der Waals surface area contributed by atoms with Gasteiger partial charge in [0, 0.05) is 23.6 Å². The van der Waals surface area contributed by atoms with Gasteiger partial charge in [-0.15, -0.1) is 20.4 Å². The second-order valence-corrected chi connectivity index (χ2v) is 8.09. The number of carbonyl (C=O) groups is 1. The minimum atomic E-state index is -0.141. The van der Waals surface area contributed by atoms with Crippen molar-refractivity contribution in [1.82, 2.24) is 25.0 Å². The molecule has 2 heterocycles. The summed E-state index contributed by atoms with van der Waals surface area (Å²) < 4.78 is 1.98. The van der Waals surface area contributed by atoms with Crippen molar-refractivity contribution < 1.29 is 4.79 Å². The molecule has 1 amide bonds. The molecular weight excluding hydrogens is 404 g/mol. The maximum absolute atomic E-state index is 12.2. The van der Waals surface area contributed by atoms with Gasteiger partial charge in [-0.3, -0.25) is 10.1 Å². The molecule has 7 nitrogen and oxygen atoms in total. The minimum Gasteiger partial charge on any atom is -0.302 e. The molecule has 0 saturated carbocycles. The monoisotopic (exact) mass is 422 g/mol. The van der Waals surface area contributed by atoms with Crippen LogP contribution in [0.5, 0.6) is 0 Å². The molecule has 142 valence electrons. The molecule has 0 aliphatic carbocycles. The molecule has 0 fully saturated rings. The van der Waals surface area contributed by atoms with Crippen molar-refractivity contribution in [2.24, 2.45) is 0 Å². The standard InChI is InChI=1S/C17H19ClN6OS2/c1-3-5-14-20-22-16(27-14)19-13(25)10-26-17-23-21-15(24(17)4-2)11-6-8-12(18)9-7-11/h6-9H,3-5,10H2,1-2H3,(H,19,22,25). The van der Waals surface area contributed by atoms with Gasteiger partial charge in [0.05, 0.1) is 5.75 Å². The number of aromatic nitrogens is 5. The van der Waals surface area contributed by atoms with Crippen LogP contribution in [0.1, 0.15) is 25.3 Å². The number of halogens is 1. The molecule has 0 aliphatic heterocycles. The fourth-order valence-electron chi connectivity index (χ4n) is 2.40. The molecular formula is C17H19ClN6OS2. The van der Waals surface area contributed by atoms with Gasteiger partial charge < -0.3 is 4.57 Å². The Morgan fingerprint density at radius 1 is 1.19 bits per heavy atom. The van der Waals surface area contributed by atoms with Crippen molar-refractivity contribution in [2.75, 3.05) is 11.1 Å². The fraction of sp³-hybridized carbons (Fsp3) is 0.353. The summed E-state index contributed by atoms with van der Waals surface area (Å²) in [6.45, 7) is 4.80. The Labute approximate surface area is 170 Å². The summed E-state index contributed by atoms with van der Waals surface area (Å²) in [6.07, 6.45) is 1.87. The first-order valence-electron chi connectivity index (χ1n) is 8.54. The molecule has 3 aromatic rings. The number of anilines is 1. The molecule has 0 saturated heterocycles. The Morgan fingerprint density at radius 2 is 1.96 bits per heavy atom. The van der Waals surface area contributed by atoms with Crippen LogP contribution in [-0.4, -0.2) is 36.6 Å². The number of carbonyl (C=O) groups excluding carboxylic acids is 1. The van der Waals surface area contributed by atoms with Crippen LogP contribution in [0.4, 0.5) is 5.13 Å².